The van der Waals surface area contributed by atoms with E-state index >= 15 is 0 Å². The van der Waals surface area contributed by atoms with Crippen molar-refractivity contribution < 1.29 is 14.3 Å². The number of Topliss-reactive ketones (excluding diaryl/α,β-unsaturated/α-hetero) is 1. The number of hydrogen-bond acceptors (Lipinski definition) is 3. The summed E-state index contributed by atoms with van der Waals surface area (Å²) in [5.41, 5.74) is 2.84. The van der Waals surface area contributed by atoms with Gasteiger partial charge in [0, 0.05) is 17.5 Å². The first-order valence-corrected chi connectivity index (χ1v) is 9.67. The molecule has 0 aromatic heterocycles. The molecule has 1 N–H and O–H groups in total. The fraction of sp³-hybridized carbons (Fsp3) is 0.200. The lowest BCUT2D eigenvalue weighted by Gasteiger charge is -2.26. The molecule has 0 fully saturated rings. The van der Waals surface area contributed by atoms with Crippen LogP contribution in [0.4, 0.5) is 0 Å². The summed E-state index contributed by atoms with van der Waals surface area (Å²) in [6, 6.07) is 27.0. The van der Waals surface area contributed by atoms with Crippen molar-refractivity contribution in [2.75, 3.05) is 6.61 Å². The predicted octanol–water partition coefficient (Wildman–Crippen LogP) is 4.60. The largest absolute Gasteiger partial charge is 0.484 e. The molecular weight excluding hydrogens is 362 g/mol. The maximum atomic E-state index is 12.5. The predicted molar refractivity (Wildman–Crippen MR) is 114 cm³/mol. The van der Waals surface area contributed by atoms with Gasteiger partial charge in [-0.1, -0.05) is 72.8 Å². The molecule has 3 aromatic rings. The SMILES string of the molecule is CC(=O)c1cccc(OCC(=O)NC(C)C(c2ccccc2)c2ccccc2)c1. The smallest absolute Gasteiger partial charge is 0.258 e. The van der Waals surface area contributed by atoms with Gasteiger partial charge >= 0.3 is 0 Å². The van der Waals surface area contributed by atoms with Crippen LogP contribution in [0.5, 0.6) is 5.75 Å². The van der Waals surface area contributed by atoms with Crippen molar-refractivity contribution in [3.63, 3.8) is 0 Å². The van der Waals surface area contributed by atoms with Gasteiger partial charge in [0.2, 0.25) is 0 Å². The minimum Gasteiger partial charge on any atom is -0.484 e. The zero-order chi connectivity index (χ0) is 20.6. The van der Waals surface area contributed by atoms with Crippen LogP contribution in [0.3, 0.4) is 0 Å². The molecule has 1 amide bonds. The molecule has 0 aliphatic heterocycles. The van der Waals surface area contributed by atoms with E-state index < -0.39 is 0 Å². The zero-order valence-electron chi connectivity index (χ0n) is 16.7. The molecular formula is C25H25NO3. The molecule has 29 heavy (non-hydrogen) atoms. The molecule has 0 radical (unpaired) electrons. The van der Waals surface area contributed by atoms with E-state index in [1.54, 1.807) is 24.3 Å². The lowest BCUT2D eigenvalue weighted by molar-refractivity contribution is -0.123. The highest BCUT2D eigenvalue weighted by atomic mass is 16.5. The minimum atomic E-state index is -0.206. The van der Waals surface area contributed by atoms with Crippen molar-refractivity contribution in [2.45, 2.75) is 25.8 Å². The Labute approximate surface area is 171 Å². The summed E-state index contributed by atoms with van der Waals surface area (Å²) in [7, 11) is 0. The average molecular weight is 387 g/mol. The number of carbonyl (C=O) groups is 2. The summed E-state index contributed by atoms with van der Waals surface area (Å²) in [6.45, 7) is 3.39. The van der Waals surface area contributed by atoms with Gasteiger partial charge in [-0.3, -0.25) is 9.59 Å². The number of hydrogen-bond donors (Lipinski definition) is 1. The van der Waals surface area contributed by atoms with Crippen LogP contribution in [0, 0.1) is 0 Å². The van der Waals surface area contributed by atoms with Crippen LogP contribution in [-0.4, -0.2) is 24.3 Å². The third kappa shape index (κ3) is 5.55. The fourth-order valence-electron chi connectivity index (χ4n) is 3.42. The molecule has 0 aliphatic carbocycles. The molecule has 0 saturated carbocycles. The zero-order valence-corrected chi connectivity index (χ0v) is 16.7. The van der Waals surface area contributed by atoms with E-state index in [-0.39, 0.29) is 30.3 Å². The van der Waals surface area contributed by atoms with Crippen LogP contribution >= 0.6 is 0 Å². The van der Waals surface area contributed by atoms with Gasteiger partial charge in [-0.15, -0.1) is 0 Å². The van der Waals surface area contributed by atoms with Gasteiger partial charge in [0.05, 0.1) is 0 Å². The van der Waals surface area contributed by atoms with Gasteiger partial charge in [-0.05, 0) is 37.1 Å². The number of nitrogens with one attached hydrogen (secondary N) is 1. The van der Waals surface area contributed by atoms with Gasteiger partial charge in [0.25, 0.3) is 5.91 Å². The van der Waals surface area contributed by atoms with E-state index in [1.165, 1.54) is 6.92 Å². The lowest BCUT2D eigenvalue weighted by Crippen LogP contribution is -2.40. The van der Waals surface area contributed by atoms with Gasteiger partial charge in [0.1, 0.15) is 5.75 Å². The van der Waals surface area contributed by atoms with Crippen molar-refractivity contribution in [3.8, 4) is 5.75 Å². The summed E-state index contributed by atoms with van der Waals surface area (Å²) in [4.78, 5) is 24.0. The Kier molecular flexibility index (Phi) is 6.80. The number of rotatable bonds is 8. The molecule has 0 bridgehead atoms. The molecule has 0 saturated heterocycles. The molecule has 4 heteroatoms. The Balaban J connectivity index is 1.68. The molecule has 3 rings (SSSR count). The van der Waals surface area contributed by atoms with Crippen LogP contribution in [0.1, 0.15) is 41.3 Å². The fourth-order valence-corrected chi connectivity index (χ4v) is 3.42. The Morgan fingerprint density at radius 3 is 2.00 bits per heavy atom. The number of ether oxygens (including phenoxy) is 1. The molecule has 0 spiro atoms. The molecule has 0 heterocycles. The molecule has 148 valence electrons. The number of benzene rings is 3. The molecule has 4 nitrogen and oxygen atoms in total. The highest BCUT2D eigenvalue weighted by molar-refractivity contribution is 5.94. The molecule has 0 aliphatic rings. The monoisotopic (exact) mass is 387 g/mol. The van der Waals surface area contributed by atoms with Crippen LogP contribution in [0.2, 0.25) is 0 Å². The van der Waals surface area contributed by atoms with Gasteiger partial charge < -0.3 is 10.1 Å². The Morgan fingerprint density at radius 2 is 1.45 bits per heavy atom. The first kappa shape index (κ1) is 20.3. The van der Waals surface area contributed by atoms with Gasteiger partial charge in [0.15, 0.2) is 12.4 Å². The second kappa shape index (κ2) is 9.69. The average Bonchev–Trinajstić information content (AvgIpc) is 2.74. The van der Waals surface area contributed by atoms with E-state index in [4.69, 9.17) is 4.74 Å². The van der Waals surface area contributed by atoms with Crippen molar-refractivity contribution in [3.05, 3.63) is 102 Å². The van der Waals surface area contributed by atoms with E-state index in [1.807, 2.05) is 43.3 Å². The van der Waals surface area contributed by atoms with E-state index in [9.17, 15) is 9.59 Å². The van der Waals surface area contributed by atoms with E-state index in [0.717, 1.165) is 11.1 Å². The normalized spacial score (nSPS) is 11.7. The maximum Gasteiger partial charge on any atom is 0.258 e. The summed E-state index contributed by atoms with van der Waals surface area (Å²) >= 11 is 0. The topological polar surface area (TPSA) is 55.4 Å². The molecule has 1 unspecified atom stereocenters. The van der Waals surface area contributed by atoms with E-state index in [0.29, 0.717) is 11.3 Å². The quantitative estimate of drug-likeness (QED) is 0.575. The second-order valence-corrected chi connectivity index (χ2v) is 7.03. The standard InChI is InChI=1S/C25H25NO3/c1-18(25(20-10-5-3-6-11-20)21-12-7-4-8-13-21)26-24(28)17-29-23-15-9-14-22(16-23)19(2)27/h3-16,18,25H,17H2,1-2H3,(H,26,28). The molecule has 1 atom stereocenters. The Morgan fingerprint density at radius 1 is 0.862 bits per heavy atom. The van der Waals surface area contributed by atoms with Gasteiger partial charge in [-0.25, -0.2) is 0 Å². The summed E-state index contributed by atoms with van der Waals surface area (Å²) < 4.78 is 5.59. The summed E-state index contributed by atoms with van der Waals surface area (Å²) in [5, 5.41) is 3.05. The van der Waals surface area contributed by atoms with Crippen molar-refractivity contribution >= 4 is 11.7 Å². The lowest BCUT2D eigenvalue weighted by atomic mass is 9.86. The Bertz CT molecular complexity index is 915. The second-order valence-electron chi connectivity index (χ2n) is 7.03. The van der Waals surface area contributed by atoms with Crippen LogP contribution in [0.15, 0.2) is 84.9 Å². The third-order valence-electron chi connectivity index (χ3n) is 4.82. The number of carbonyl (C=O) groups excluding carboxylic acids is 2. The minimum absolute atomic E-state index is 0.0300. The first-order valence-electron chi connectivity index (χ1n) is 9.67. The maximum absolute atomic E-state index is 12.5. The van der Waals surface area contributed by atoms with Crippen molar-refractivity contribution in [1.82, 2.24) is 5.32 Å². The van der Waals surface area contributed by atoms with Crippen LogP contribution in [-0.2, 0) is 4.79 Å². The van der Waals surface area contributed by atoms with Crippen molar-refractivity contribution in [2.24, 2.45) is 0 Å². The van der Waals surface area contributed by atoms with Crippen molar-refractivity contribution in [1.29, 1.82) is 0 Å². The van der Waals surface area contributed by atoms with Crippen LogP contribution < -0.4 is 10.1 Å². The summed E-state index contributed by atoms with van der Waals surface area (Å²) in [6.07, 6.45) is 0. The van der Waals surface area contributed by atoms with E-state index in [2.05, 4.69) is 29.6 Å². The van der Waals surface area contributed by atoms with Crippen LogP contribution in [0.25, 0.3) is 0 Å². The third-order valence-corrected chi connectivity index (χ3v) is 4.82. The highest BCUT2D eigenvalue weighted by Crippen LogP contribution is 2.28. The highest BCUT2D eigenvalue weighted by Gasteiger charge is 2.22. The number of amides is 1. The Hall–Kier alpha value is -3.40. The number of ketones is 1. The summed E-state index contributed by atoms with van der Waals surface area (Å²) in [5.74, 6) is 0.287. The van der Waals surface area contributed by atoms with Gasteiger partial charge in [-0.2, -0.15) is 0 Å². The first-order chi connectivity index (χ1) is 14.0. The molecule has 3 aromatic carbocycles.